The Bertz CT molecular complexity index is 473. The van der Waals surface area contributed by atoms with Crippen molar-refractivity contribution in [2.45, 2.75) is 45.3 Å². The second kappa shape index (κ2) is 4.15. The lowest BCUT2D eigenvalue weighted by molar-refractivity contribution is 0.0869. The maximum absolute atomic E-state index is 10.3. The molecule has 2 N–H and O–H groups in total. The minimum Gasteiger partial charge on any atom is -0.390 e. The normalized spacial score (nSPS) is 26.3. The molecule has 0 aromatic heterocycles. The molecule has 0 fully saturated rings. The first-order valence-corrected chi connectivity index (χ1v) is 6.87. The summed E-state index contributed by atoms with van der Waals surface area (Å²) in [5, 5.41) is 14.4. The summed E-state index contributed by atoms with van der Waals surface area (Å²) < 4.78 is 0.885. The van der Waals surface area contributed by atoms with Crippen molar-refractivity contribution in [3.63, 3.8) is 0 Å². The van der Waals surface area contributed by atoms with Crippen LogP contribution in [0.2, 0.25) is 5.02 Å². The molecule has 17 heavy (non-hydrogen) atoms. The summed E-state index contributed by atoms with van der Waals surface area (Å²) in [7, 11) is 0. The van der Waals surface area contributed by atoms with Crippen LogP contribution in [0.15, 0.2) is 10.5 Å². The number of nitrogens with one attached hydrogen (secondary N) is 1. The molecule has 0 aliphatic carbocycles. The van der Waals surface area contributed by atoms with Crippen LogP contribution in [0.1, 0.15) is 37.8 Å². The minimum atomic E-state index is -0.457. The maximum Gasteiger partial charge on any atom is 0.0831 e. The number of benzene rings is 1. The van der Waals surface area contributed by atoms with Gasteiger partial charge in [-0.15, -0.1) is 0 Å². The number of aryl methyl sites for hydroxylation is 1. The Morgan fingerprint density at radius 2 is 2.06 bits per heavy atom. The van der Waals surface area contributed by atoms with E-state index in [1.807, 2.05) is 33.8 Å². The predicted octanol–water partition coefficient (Wildman–Crippen LogP) is 4.08. The van der Waals surface area contributed by atoms with E-state index in [0.717, 1.165) is 21.3 Å². The van der Waals surface area contributed by atoms with Crippen LogP contribution >= 0.6 is 27.5 Å². The summed E-state index contributed by atoms with van der Waals surface area (Å²) in [6.45, 7) is 8.08. The predicted molar refractivity (Wildman–Crippen MR) is 76.0 cm³/mol. The molecule has 0 unspecified atom stereocenters. The molecule has 0 amide bonds. The Balaban J connectivity index is 2.69. The Kier molecular flexibility index (Phi) is 3.22. The number of anilines is 1. The fraction of sp³-hybridized carbons (Fsp3) is 0.538. The van der Waals surface area contributed by atoms with Gasteiger partial charge in [-0.1, -0.05) is 18.5 Å². The van der Waals surface area contributed by atoms with Crippen molar-refractivity contribution in [3.05, 3.63) is 26.7 Å². The van der Waals surface area contributed by atoms with Gasteiger partial charge in [-0.05, 0) is 48.3 Å². The number of hydrogen-bond acceptors (Lipinski definition) is 2. The topological polar surface area (TPSA) is 32.3 Å². The second-order valence-corrected chi connectivity index (χ2v) is 6.59. The molecule has 1 aliphatic heterocycles. The molecule has 4 heteroatoms. The van der Waals surface area contributed by atoms with Crippen LogP contribution in [0.3, 0.4) is 0 Å². The van der Waals surface area contributed by atoms with Gasteiger partial charge in [0.1, 0.15) is 0 Å². The van der Waals surface area contributed by atoms with E-state index in [2.05, 4.69) is 21.2 Å². The number of rotatable bonds is 0. The summed E-state index contributed by atoms with van der Waals surface area (Å²) in [5.74, 6) is 0.0185. The quantitative estimate of drug-likeness (QED) is 0.755. The van der Waals surface area contributed by atoms with Crippen molar-refractivity contribution in [2.24, 2.45) is 0 Å². The third kappa shape index (κ3) is 1.98. The highest BCUT2D eigenvalue weighted by Crippen LogP contribution is 2.46. The van der Waals surface area contributed by atoms with Crippen molar-refractivity contribution in [1.82, 2.24) is 0 Å². The van der Waals surface area contributed by atoms with Gasteiger partial charge >= 0.3 is 0 Å². The fourth-order valence-corrected chi connectivity index (χ4v) is 3.43. The molecule has 0 bridgehead atoms. The first-order valence-electron chi connectivity index (χ1n) is 5.70. The SMILES string of the molecule is Cc1cc(Br)c(Cl)c2c1NC(C)(C)[C@@H](O)[C@@H]2C. The molecule has 0 saturated heterocycles. The molecule has 1 aliphatic rings. The third-order valence-electron chi connectivity index (χ3n) is 3.57. The van der Waals surface area contributed by atoms with Crippen molar-refractivity contribution < 1.29 is 5.11 Å². The first-order chi connectivity index (χ1) is 7.75. The summed E-state index contributed by atoms with van der Waals surface area (Å²) >= 11 is 9.80. The zero-order valence-corrected chi connectivity index (χ0v) is 12.8. The second-order valence-electron chi connectivity index (χ2n) is 5.36. The lowest BCUT2D eigenvalue weighted by Gasteiger charge is -2.43. The summed E-state index contributed by atoms with van der Waals surface area (Å²) in [6, 6.07) is 2.01. The van der Waals surface area contributed by atoms with Crippen molar-refractivity contribution in [2.75, 3.05) is 5.32 Å². The summed E-state index contributed by atoms with van der Waals surface area (Å²) in [6.07, 6.45) is -0.457. The molecule has 0 saturated carbocycles. The zero-order chi connectivity index (χ0) is 13.0. The molecule has 2 atom stereocenters. The van der Waals surface area contributed by atoms with Crippen LogP contribution in [0.25, 0.3) is 0 Å². The molecule has 1 heterocycles. The van der Waals surface area contributed by atoms with Gasteiger partial charge in [0.2, 0.25) is 0 Å². The van der Waals surface area contributed by atoms with E-state index in [1.165, 1.54) is 0 Å². The highest BCUT2D eigenvalue weighted by atomic mass is 79.9. The van der Waals surface area contributed by atoms with Gasteiger partial charge in [0.25, 0.3) is 0 Å². The van der Waals surface area contributed by atoms with Crippen LogP contribution in [-0.4, -0.2) is 16.7 Å². The number of hydrogen-bond donors (Lipinski definition) is 2. The van der Waals surface area contributed by atoms with Gasteiger partial charge < -0.3 is 10.4 Å². The molecule has 0 spiro atoms. The van der Waals surface area contributed by atoms with Gasteiger partial charge in [-0.2, -0.15) is 0 Å². The number of halogens is 2. The average Bonchev–Trinajstić information content (AvgIpc) is 2.22. The van der Waals surface area contributed by atoms with Crippen LogP contribution < -0.4 is 5.32 Å². The Hall–Kier alpha value is -0.250. The molecule has 1 aromatic rings. The molecule has 0 radical (unpaired) electrons. The average molecular weight is 319 g/mol. The molecular formula is C13H17BrClNO. The van der Waals surface area contributed by atoms with Gasteiger partial charge in [0, 0.05) is 21.6 Å². The molecular weight excluding hydrogens is 302 g/mol. The number of fused-ring (bicyclic) bond motifs is 1. The Morgan fingerprint density at radius 3 is 2.65 bits per heavy atom. The van der Waals surface area contributed by atoms with E-state index >= 15 is 0 Å². The van der Waals surface area contributed by atoms with E-state index in [4.69, 9.17) is 11.6 Å². The standard InChI is InChI=1S/C13H17BrClNO/c1-6-5-8(14)10(15)9-7(2)12(17)13(3,4)16-11(6)9/h5,7,12,16-17H,1-4H3/t7-,12+/m1/s1. The van der Waals surface area contributed by atoms with Crippen LogP contribution in [0.4, 0.5) is 5.69 Å². The summed E-state index contributed by atoms with van der Waals surface area (Å²) in [5.41, 5.74) is 2.86. The minimum absolute atomic E-state index is 0.0185. The van der Waals surface area contributed by atoms with Crippen LogP contribution in [0, 0.1) is 6.92 Å². The molecule has 2 rings (SSSR count). The van der Waals surface area contributed by atoms with Gasteiger partial charge in [-0.25, -0.2) is 0 Å². The fourth-order valence-electron chi connectivity index (χ4n) is 2.55. The number of aliphatic hydroxyl groups is 1. The van der Waals surface area contributed by atoms with Gasteiger partial charge in [0.15, 0.2) is 0 Å². The largest absolute Gasteiger partial charge is 0.390 e. The van der Waals surface area contributed by atoms with E-state index in [-0.39, 0.29) is 11.5 Å². The van der Waals surface area contributed by atoms with Crippen LogP contribution in [0.5, 0.6) is 0 Å². The first kappa shape index (κ1) is 13.2. The van der Waals surface area contributed by atoms with Crippen LogP contribution in [-0.2, 0) is 0 Å². The smallest absolute Gasteiger partial charge is 0.0831 e. The zero-order valence-electron chi connectivity index (χ0n) is 10.4. The highest BCUT2D eigenvalue weighted by molar-refractivity contribution is 9.10. The van der Waals surface area contributed by atoms with E-state index < -0.39 is 6.10 Å². The number of aliphatic hydroxyl groups excluding tert-OH is 1. The molecule has 94 valence electrons. The monoisotopic (exact) mass is 317 g/mol. The molecule has 2 nitrogen and oxygen atoms in total. The molecule has 1 aromatic carbocycles. The van der Waals surface area contributed by atoms with E-state index in [0.29, 0.717) is 5.02 Å². The Morgan fingerprint density at radius 1 is 1.47 bits per heavy atom. The van der Waals surface area contributed by atoms with Crippen molar-refractivity contribution in [1.29, 1.82) is 0 Å². The maximum atomic E-state index is 10.3. The van der Waals surface area contributed by atoms with Gasteiger partial charge in [0.05, 0.1) is 16.7 Å². The highest BCUT2D eigenvalue weighted by Gasteiger charge is 2.40. The van der Waals surface area contributed by atoms with Crippen molar-refractivity contribution >= 4 is 33.2 Å². The van der Waals surface area contributed by atoms with Crippen molar-refractivity contribution in [3.8, 4) is 0 Å². The summed E-state index contributed by atoms with van der Waals surface area (Å²) in [4.78, 5) is 0. The van der Waals surface area contributed by atoms with E-state index in [9.17, 15) is 5.11 Å². The van der Waals surface area contributed by atoms with Gasteiger partial charge in [-0.3, -0.25) is 0 Å². The third-order valence-corrected chi connectivity index (χ3v) is 4.83. The Labute approximate surface area is 115 Å². The lowest BCUT2D eigenvalue weighted by atomic mass is 9.78. The lowest BCUT2D eigenvalue weighted by Crippen LogP contribution is -2.50. The van der Waals surface area contributed by atoms with E-state index in [1.54, 1.807) is 0 Å².